The average Bonchev–Trinajstić information content (AvgIpc) is 3.36. The molecule has 1 atom stereocenters. The van der Waals surface area contributed by atoms with Crippen molar-refractivity contribution in [3.05, 3.63) is 29.3 Å². The molecule has 1 N–H and O–H groups in total. The Hall–Kier alpha value is -1.70. The van der Waals surface area contributed by atoms with Crippen molar-refractivity contribution in [2.75, 3.05) is 25.1 Å². The van der Waals surface area contributed by atoms with Crippen LogP contribution in [0.3, 0.4) is 0 Å². The van der Waals surface area contributed by atoms with Crippen molar-refractivity contribution in [2.24, 2.45) is 0 Å². The molecule has 2 heterocycles. The minimum Gasteiger partial charge on any atom is -0.377 e. The first-order valence-corrected chi connectivity index (χ1v) is 10.7. The van der Waals surface area contributed by atoms with Crippen molar-refractivity contribution in [3.8, 4) is 0 Å². The number of hydrogen-bond acceptors (Lipinski definition) is 4. The second-order valence-corrected chi connectivity index (χ2v) is 8.98. The fourth-order valence-corrected chi connectivity index (χ4v) is 5.14. The standard InChI is InChI=1S/C19H24N2O4S/c1-21-17-9-8-15(26(23,24)20-12-14-7-4-10-25-14)11-16(17)18(19(21)22)13-5-2-3-6-13/h8-9,11,14,20H,2-7,10,12H2,1H3/t14-/m1/s1. The van der Waals surface area contributed by atoms with Crippen LogP contribution in [-0.2, 0) is 19.6 Å². The van der Waals surface area contributed by atoms with E-state index in [0.717, 1.165) is 55.3 Å². The van der Waals surface area contributed by atoms with Gasteiger partial charge >= 0.3 is 0 Å². The molecule has 6 nitrogen and oxygen atoms in total. The number of amides is 1. The minimum atomic E-state index is -3.63. The van der Waals surface area contributed by atoms with Crippen molar-refractivity contribution in [1.82, 2.24) is 4.72 Å². The van der Waals surface area contributed by atoms with Crippen LogP contribution in [-0.4, -0.2) is 40.6 Å². The molecule has 1 amide bonds. The number of rotatable bonds is 4. The first-order chi connectivity index (χ1) is 12.5. The summed E-state index contributed by atoms with van der Waals surface area (Å²) in [4.78, 5) is 14.5. The van der Waals surface area contributed by atoms with Gasteiger partial charge in [0.05, 0.1) is 16.7 Å². The number of hydrogen-bond donors (Lipinski definition) is 1. The molecule has 7 heteroatoms. The van der Waals surface area contributed by atoms with Crippen LogP contribution in [0.1, 0.15) is 44.1 Å². The number of likely N-dealkylation sites (N-methyl/N-ethyl adjacent to an activating group) is 1. The summed E-state index contributed by atoms with van der Waals surface area (Å²) in [6.45, 7) is 0.975. The lowest BCUT2D eigenvalue weighted by atomic mass is 10.00. The Bertz CT molecular complexity index is 862. The molecular weight excluding hydrogens is 352 g/mol. The van der Waals surface area contributed by atoms with E-state index in [0.29, 0.717) is 12.2 Å². The van der Waals surface area contributed by atoms with Crippen LogP contribution >= 0.6 is 0 Å². The largest absolute Gasteiger partial charge is 0.377 e. The molecule has 2 aliphatic heterocycles. The lowest BCUT2D eigenvalue weighted by Gasteiger charge is -2.13. The third-order valence-corrected chi connectivity index (χ3v) is 6.93. The summed E-state index contributed by atoms with van der Waals surface area (Å²) in [5.74, 6) is -0.0289. The van der Waals surface area contributed by atoms with Gasteiger partial charge in [-0.15, -0.1) is 0 Å². The van der Waals surface area contributed by atoms with E-state index < -0.39 is 10.0 Å². The molecule has 0 bridgehead atoms. The summed E-state index contributed by atoms with van der Waals surface area (Å²) in [6.07, 6.45) is 5.81. The number of nitrogens with one attached hydrogen (secondary N) is 1. The van der Waals surface area contributed by atoms with Gasteiger partial charge in [0, 0.05) is 31.3 Å². The number of anilines is 1. The van der Waals surface area contributed by atoms with Gasteiger partial charge in [0.25, 0.3) is 5.91 Å². The summed E-state index contributed by atoms with van der Waals surface area (Å²) in [5.41, 5.74) is 3.38. The quantitative estimate of drug-likeness (QED) is 0.819. The van der Waals surface area contributed by atoms with Gasteiger partial charge in [-0.25, -0.2) is 13.1 Å². The molecule has 140 valence electrons. The van der Waals surface area contributed by atoms with E-state index in [4.69, 9.17) is 4.74 Å². The monoisotopic (exact) mass is 376 g/mol. The molecule has 3 aliphatic rings. The fraction of sp³-hybridized carbons (Fsp3) is 0.526. The molecule has 0 aromatic heterocycles. The van der Waals surface area contributed by atoms with Crippen LogP contribution in [0.4, 0.5) is 5.69 Å². The van der Waals surface area contributed by atoms with Crippen LogP contribution < -0.4 is 9.62 Å². The summed E-state index contributed by atoms with van der Waals surface area (Å²) in [7, 11) is -1.89. The van der Waals surface area contributed by atoms with Gasteiger partial charge < -0.3 is 9.64 Å². The highest BCUT2D eigenvalue weighted by Crippen LogP contribution is 2.42. The van der Waals surface area contributed by atoms with E-state index in [2.05, 4.69) is 4.72 Å². The summed E-state index contributed by atoms with van der Waals surface area (Å²) in [6, 6.07) is 4.95. The molecule has 1 aliphatic carbocycles. The summed E-state index contributed by atoms with van der Waals surface area (Å²) < 4.78 is 33.5. The number of nitrogens with zero attached hydrogens (tertiary/aromatic N) is 1. The number of benzene rings is 1. The lowest BCUT2D eigenvalue weighted by molar-refractivity contribution is -0.112. The molecule has 1 saturated heterocycles. The fourth-order valence-electron chi connectivity index (χ4n) is 4.05. The number of carbonyl (C=O) groups is 1. The topological polar surface area (TPSA) is 75.7 Å². The smallest absolute Gasteiger partial charge is 0.258 e. The zero-order chi connectivity index (χ0) is 18.3. The molecule has 4 rings (SSSR count). The van der Waals surface area contributed by atoms with Gasteiger partial charge in [-0.05, 0) is 56.7 Å². The van der Waals surface area contributed by atoms with Crippen LogP contribution in [0.15, 0.2) is 28.7 Å². The van der Waals surface area contributed by atoms with Crippen molar-refractivity contribution >= 4 is 27.2 Å². The second kappa shape index (κ2) is 6.79. The summed E-state index contributed by atoms with van der Waals surface area (Å²) in [5, 5.41) is 0. The third-order valence-electron chi connectivity index (χ3n) is 5.51. The van der Waals surface area contributed by atoms with Gasteiger partial charge in [0.2, 0.25) is 10.0 Å². The number of fused-ring (bicyclic) bond motifs is 1. The normalized spacial score (nSPS) is 23.2. The molecular formula is C19H24N2O4S. The van der Waals surface area contributed by atoms with E-state index in [1.54, 1.807) is 30.1 Å². The van der Waals surface area contributed by atoms with Crippen LogP contribution in [0.25, 0.3) is 5.57 Å². The molecule has 1 aromatic rings. The molecule has 2 fully saturated rings. The lowest BCUT2D eigenvalue weighted by Crippen LogP contribution is -2.31. The van der Waals surface area contributed by atoms with Gasteiger partial charge in [0.1, 0.15) is 0 Å². The molecule has 26 heavy (non-hydrogen) atoms. The highest BCUT2D eigenvalue weighted by atomic mass is 32.2. The van der Waals surface area contributed by atoms with Gasteiger partial charge in [-0.1, -0.05) is 5.57 Å². The highest BCUT2D eigenvalue weighted by Gasteiger charge is 2.34. The molecule has 0 unspecified atom stereocenters. The molecule has 0 radical (unpaired) electrons. The molecule has 0 spiro atoms. The van der Waals surface area contributed by atoms with Crippen LogP contribution in [0, 0.1) is 0 Å². The van der Waals surface area contributed by atoms with Gasteiger partial charge in [0.15, 0.2) is 0 Å². The van der Waals surface area contributed by atoms with Gasteiger partial charge in [-0.3, -0.25) is 4.79 Å². The van der Waals surface area contributed by atoms with E-state index in [-0.39, 0.29) is 23.5 Å². The predicted molar refractivity (Wildman–Crippen MR) is 99.4 cm³/mol. The van der Waals surface area contributed by atoms with Crippen molar-refractivity contribution in [2.45, 2.75) is 49.5 Å². The predicted octanol–water partition coefficient (Wildman–Crippen LogP) is 2.45. The molecule has 1 saturated carbocycles. The number of allylic oxidation sites excluding steroid dienone is 1. The van der Waals surface area contributed by atoms with E-state index >= 15 is 0 Å². The highest BCUT2D eigenvalue weighted by molar-refractivity contribution is 7.89. The van der Waals surface area contributed by atoms with Crippen molar-refractivity contribution in [1.29, 1.82) is 0 Å². The maximum atomic E-state index is 12.7. The van der Waals surface area contributed by atoms with E-state index in [1.807, 2.05) is 0 Å². The van der Waals surface area contributed by atoms with Crippen LogP contribution in [0.2, 0.25) is 0 Å². The first-order valence-electron chi connectivity index (χ1n) is 9.23. The maximum Gasteiger partial charge on any atom is 0.258 e. The number of carbonyl (C=O) groups excluding carboxylic acids is 1. The number of sulfonamides is 1. The summed E-state index contributed by atoms with van der Waals surface area (Å²) >= 11 is 0. The Morgan fingerprint density at radius 2 is 2.00 bits per heavy atom. The van der Waals surface area contributed by atoms with E-state index in [1.165, 1.54) is 0 Å². The van der Waals surface area contributed by atoms with Crippen molar-refractivity contribution < 1.29 is 17.9 Å². The zero-order valence-corrected chi connectivity index (χ0v) is 15.8. The Labute approximate surface area is 154 Å². The SMILES string of the molecule is CN1C(=O)C(=C2CCCC2)c2cc(S(=O)(=O)NC[C@H]3CCCO3)ccc21. The first kappa shape index (κ1) is 17.7. The second-order valence-electron chi connectivity index (χ2n) is 7.22. The Morgan fingerprint density at radius 1 is 1.23 bits per heavy atom. The van der Waals surface area contributed by atoms with Crippen LogP contribution in [0.5, 0.6) is 0 Å². The zero-order valence-electron chi connectivity index (χ0n) is 15.0. The Balaban J connectivity index is 1.66. The average molecular weight is 376 g/mol. The number of ether oxygens (including phenoxy) is 1. The van der Waals surface area contributed by atoms with E-state index in [9.17, 15) is 13.2 Å². The maximum absolute atomic E-state index is 12.7. The third kappa shape index (κ3) is 3.08. The minimum absolute atomic E-state index is 0.0289. The molecule has 1 aromatic carbocycles. The van der Waals surface area contributed by atoms with Gasteiger partial charge in [-0.2, -0.15) is 0 Å². The Kier molecular flexibility index (Phi) is 4.62. The Morgan fingerprint density at radius 3 is 2.69 bits per heavy atom. The van der Waals surface area contributed by atoms with Crippen molar-refractivity contribution in [3.63, 3.8) is 0 Å².